The van der Waals surface area contributed by atoms with E-state index in [0.717, 1.165) is 69.1 Å². The molecule has 7 rings (SSSR count). The first-order valence-corrected chi connectivity index (χ1v) is 19.3. The summed E-state index contributed by atoms with van der Waals surface area (Å²) in [5, 5.41) is 8.36. The predicted octanol–water partition coefficient (Wildman–Crippen LogP) is 5.89. The van der Waals surface area contributed by atoms with Gasteiger partial charge in [-0.1, -0.05) is 19.9 Å². The lowest BCUT2D eigenvalue weighted by Gasteiger charge is -2.35. The van der Waals surface area contributed by atoms with Crippen molar-refractivity contribution >= 4 is 40.1 Å². The average Bonchev–Trinajstić information content (AvgIpc) is 3.93. The minimum Gasteiger partial charge on any atom is -0.464 e. The van der Waals surface area contributed by atoms with E-state index in [9.17, 15) is 14.4 Å². The molecular formula is C39H49N7O5S. The third-order valence-corrected chi connectivity index (χ3v) is 11.4. The number of hydrogen-bond acceptors (Lipinski definition) is 9. The van der Waals surface area contributed by atoms with Crippen LogP contribution in [-0.4, -0.2) is 87.8 Å². The van der Waals surface area contributed by atoms with Gasteiger partial charge in [0.05, 0.1) is 34.8 Å². The van der Waals surface area contributed by atoms with E-state index < -0.39 is 23.5 Å². The van der Waals surface area contributed by atoms with Crippen molar-refractivity contribution in [3.63, 3.8) is 0 Å². The maximum atomic E-state index is 14.1. The molecule has 0 spiro atoms. The number of esters is 1. The number of nitrogens with zero attached hydrogens (tertiary/aromatic N) is 5. The number of thiazole rings is 1. The van der Waals surface area contributed by atoms with Crippen LogP contribution in [0.1, 0.15) is 75.7 Å². The number of methoxy groups -OCH3 is 1. The number of hydrogen-bond donors (Lipinski definition) is 2. The fraction of sp³-hybridized carbons (Fsp3) is 0.513. The Kier molecular flexibility index (Phi) is 10.4. The molecule has 3 aromatic heterocycles. The zero-order valence-electron chi connectivity index (χ0n) is 30.7. The standard InChI is InChI=1S/C39H49N7O5S/c1-6-45-32-14-13-25-19-27(32)28(35(45)26-11-9-15-40-34(26)24(2)50-5)21-39(3,4)23-51-37(48)29-12-10-18-46(43-29)36(47)30(20-33-41-31(25)22-52-33)42-38(49)44-16-7-8-17-44/h9,11,13-15,19,22,24,29-30,43H,6-8,10,12,16-18,20-21,23H2,1-5H3,(H,42,49)/t24-,29-,30-/m0/s1. The van der Waals surface area contributed by atoms with Gasteiger partial charge in [-0.2, -0.15) is 0 Å². The highest BCUT2D eigenvalue weighted by Crippen LogP contribution is 2.42. The maximum Gasteiger partial charge on any atom is 0.324 e. The van der Waals surface area contributed by atoms with E-state index in [1.165, 1.54) is 16.3 Å². The monoisotopic (exact) mass is 727 g/mol. The van der Waals surface area contributed by atoms with Crippen LogP contribution in [0.5, 0.6) is 0 Å². The molecule has 3 aliphatic rings. The van der Waals surface area contributed by atoms with Crippen molar-refractivity contribution in [1.82, 2.24) is 35.2 Å². The third-order valence-electron chi connectivity index (χ3n) is 10.5. The van der Waals surface area contributed by atoms with Gasteiger partial charge in [0.1, 0.15) is 12.1 Å². The van der Waals surface area contributed by atoms with Gasteiger partial charge in [-0.25, -0.2) is 15.2 Å². The molecule has 52 heavy (non-hydrogen) atoms. The average molecular weight is 728 g/mol. The number of fused-ring (bicyclic) bond motifs is 6. The van der Waals surface area contributed by atoms with Crippen molar-refractivity contribution in [2.45, 2.75) is 91.0 Å². The van der Waals surface area contributed by atoms with Gasteiger partial charge in [-0.05, 0) is 75.8 Å². The topological polar surface area (TPSA) is 131 Å². The smallest absolute Gasteiger partial charge is 0.324 e. The molecule has 0 unspecified atom stereocenters. The SMILES string of the molecule is CCn1c(-c2cccnc2[C@H](C)OC)c2c3cc(ccc31)-c1csc(n1)C[C@H](NC(=O)N1CCCC1)C(=O)N1CCC[C@H](N1)C(=O)OCC(C)(C)C2. The van der Waals surface area contributed by atoms with Crippen LogP contribution >= 0.6 is 11.3 Å². The molecule has 13 heteroatoms. The fourth-order valence-electron chi connectivity index (χ4n) is 7.72. The summed E-state index contributed by atoms with van der Waals surface area (Å²) in [6.45, 7) is 11.1. The van der Waals surface area contributed by atoms with Gasteiger partial charge >= 0.3 is 12.0 Å². The lowest BCUT2D eigenvalue weighted by molar-refractivity contribution is -0.155. The van der Waals surface area contributed by atoms with E-state index in [1.54, 1.807) is 18.2 Å². The highest BCUT2D eigenvalue weighted by molar-refractivity contribution is 7.10. The number of carbonyl (C=O) groups excluding carboxylic acids is 3. The first-order chi connectivity index (χ1) is 25.1. The van der Waals surface area contributed by atoms with Crippen LogP contribution in [0.4, 0.5) is 4.79 Å². The second-order valence-electron chi connectivity index (χ2n) is 14.9. The molecule has 12 nitrogen and oxygen atoms in total. The number of urea groups is 1. The minimum absolute atomic E-state index is 0.189. The van der Waals surface area contributed by atoms with Crippen LogP contribution in [0, 0.1) is 5.41 Å². The molecule has 3 aliphatic heterocycles. The van der Waals surface area contributed by atoms with Gasteiger partial charge in [-0.3, -0.25) is 19.6 Å². The van der Waals surface area contributed by atoms with Crippen molar-refractivity contribution in [2.75, 3.05) is 33.4 Å². The summed E-state index contributed by atoms with van der Waals surface area (Å²) >= 11 is 1.48. The number of rotatable bonds is 5. The van der Waals surface area contributed by atoms with Crippen molar-refractivity contribution in [3.8, 4) is 22.5 Å². The molecule has 0 radical (unpaired) electrons. The Morgan fingerprint density at radius 1 is 1.17 bits per heavy atom. The molecular weight excluding hydrogens is 679 g/mol. The lowest BCUT2D eigenvalue weighted by Crippen LogP contribution is -2.61. The first-order valence-electron chi connectivity index (χ1n) is 18.4. The molecule has 3 amide bonds. The summed E-state index contributed by atoms with van der Waals surface area (Å²) in [6.07, 6.45) is 5.51. The van der Waals surface area contributed by atoms with Crippen molar-refractivity contribution in [2.24, 2.45) is 5.41 Å². The number of cyclic esters (lactones) is 1. The van der Waals surface area contributed by atoms with Crippen LogP contribution in [-0.2, 0) is 38.4 Å². The lowest BCUT2D eigenvalue weighted by atomic mass is 9.84. The van der Waals surface area contributed by atoms with Crippen LogP contribution < -0.4 is 10.7 Å². The van der Waals surface area contributed by atoms with E-state index in [4.69, 9.17) is 19.4 Å². The normalized spacial score (nSPS) is 21.6. The van der Waals surface area contributed by atoms with Crippen molar-refractivity contribution < 1.29 is 23.9 Å². The number of amides is 3. The predicted molar refractivity (Wildman–Crippen MR) is 201 cm³/mol. The van der Waals surface area contributed by atoms with Gasteiger partial charge in [0.2, 0.25) is 0 Å². The summed E-state index contributed by atoms with van der Waals surface area (Å²) in [5.74, 6) is -0.684. The van der Waals surface area contributed by atoms with Gasteiger partial charge in [0.25, 0.3) is 5.91 Å². The van der Waals surface area contributed by atoms with E-state index in [2.05, 4.69) is 60.3 Å². The van der Waals surface area contributed by atoms with Crippen LogP contribution in [0.25, 0.3) is 33.4 Å². The number of carbonyl (C=O) groups is 3. The van der Waals surface area contributed by atoms with Crippen LogP contribution in [0.3, 0.4) is 0 Å². The summed E-state index contributed by atoms with van der Waals surface area (Å²) in [4.78, 5) is 52.6. The van der Waals surface area contributed by atoms with E-state index in [-0.39, 0.29) is 31.1 Å². The zero-order chi connectivity index (χ0) is 36.6. The van der Waals surface area contributed by atoms with Crippen molar-refractivity contribution in [3.05, 3.63) is 58.2 Å². The Morgan fingerprint density at radius 3 is 2.75 bits per heavy atom. The van der Waals surface area contributed by atoms with E-state index in [1.807, 2.05) is 18.4 Å². The second kappa shape index (κ2) is 15.0. The maximum absolute atomic E-state index is 14.1. The summed E-state index contributed by atoms with van der Waals surface area (Å²) in [7, 11) is 1.70. The molecule has 276 valence electrons. The Balaban J connectivity index is 1.35. The number of pyridine rings is 1. The highest BCUT2D eigenvalue weighted by atomic mass is 32.1. The fourth-order valence-corrected chi connectivity index (χ4v) is 8.57. The summed E-state index contributed by atoms with van der Waals surface area (Å²) in [6, 6.07) is 8.75. The number of nitrogens with one attached hydrogen (secondary N) is 2. The third kappa shape index (κ3) is 7.18. The number of aromatic nitrogens is 3. The molecule has 4 aromatic rings. The van der Waals surface area contributed by atoms with Gasteiger partial charge in [0, 0.05) is 78.7 Å². The quantitative estimate of drug-likeness (QED) is 0.244. The van der Waals surface area contributed by atoms with E-state index in [0.29, 0.717) is 38.9 Å². The van der Waals surface area contributed by atoms with Gasteiger partial charge < -0.3 is 24.3 Å². The Hall–Kier alpha value is -4.33. The number of ether oxygens (including phenoxy) is 2. The second-order valence-corrected chi connectivity index (χ2v) is 15.8. The highest BCUT2D eigenvalue weighted by Gasteiger charge is 2.36. The largest absolute Gasteiger partial charge is 0.464 e. The van der Waals surface area contributed by atoms with Crippen LogP contribution in [0.2, 0.25) is 0 Å². The molecule has 0 aliphatic carbocycles. The number of aryl methyl sites for hydroxylation is 1. The number of benzene rings is 1. The summed E-state index contributed by atoms with van der Waals surface area (Å²) < 4.78 is 14.2. The molecule has 2 fully saturated rings. The van der Waals surface area contributed by atoms with E-state index >= 15 is 0 Å². The Morgan fingerprint density at radius 2 is 1.98 bits per heavy atom. The number of hydrazine groups is 1. The molecule has 6 bridgehead atoms. The number of likely N-dealkylation sites (tertiary alicyclic amines) is 1. The van der Waals surface area contributed by atoms with Gasteiger partial charge in [-0.15, -0.1) is 11.3 Å². The molecule has 2 saturated heterocycles. The van der Waals surface area contributed by atoms with Crippen molar-refractivity contribution in [1.29, 1.82) is 0 Å². The first kappa shape index (κ1) is 36.0. The van der Waals surface area contributed by atoms with Gasteiger partial charge in [0.15, 0.2) is 0 Å². The molecule has 0 saturated carbocycles. The minimum atomic E-state index is -0.856. The molecule has 1 aromatic carbocycles. The van der Waals surface area contributed by atoms with Crippen LogP contribution in [0.15, 0.2) is 41.9 Å². The Bertz CT molecular complexity index is 1970. The molecule has 6 heterocycles. The molecule has 2 N–H and O–H groups in total. The molecule has 3 atom stereocenters. The summed E-state index contributed by atoms with van der Waals surface area (Å²) in [5.41, 5.74) is 9.66. The zero-order valence-corrected chi connectivity index (χ0v) is 31.6. The Labute approximate surface area is 308 Å².